The predicted octanol–water partition coefficient (Wildman–Crippen LogP) is 16.8. The monoisotopic (exact) mass is 810 g/mol. The summed E-state index contributed by atoms with van der Waals surface area (Å²) < 4.78 is 4.92. The summed E-state index contributed by atoms with van der Waals surface area (Å²) in [6.45, 7) is 0. The van der Waals surface area contributed by atoms with Crippen LogP contribution in [0.5, 0.6) is 0 Å². The second-order valence-corrected chi connectivity index (χ2v) is 17.2. The quantitative estimate of drug-likeness (QED) is 0.164. The first kappa shape index (κ1) is 35.2. The van der Waals surface area contributed by atoms with Gasteiger partial charge in [0.2, 0.25) is 0 Å². The third-order valence-electron chi connectivity index (χ3n) is 13.8. The summed E-state index contributed by atoms with van der Waals surface area (Å²) in [5, 5.41) is 10.1. The van der Waals surface area contributed by atoms with Crippen LogP contribution in [0.3, 0.4) is 0 Å². The second kappa shape index (κ2) is 13.5. The van der Waals surface area contributed by atoms with Gasteiger partial charge in [-0.3, -0.25) is 0 Å². The summed E-state index contributed by atoms with van der Waals surface area (Å²) in [6.07, 6.45) is 0. The summed E-state index contributed by atoms with van der Waals surface area (Å²) in [4.78, 5) is 0. The molecule has 13 aromatic rings. The Morgan fingerprint density at radius 2 is 0.859 bits per heavy atom. The lowest BCUT2D eigenvalue weighted by atomic mass is 9.94. The van der Waals surface area contributed by atoms with Crippen molar-refractivity contribution in [2.45, 2.75) is 0 Å². The molecule has 1 aliphatic rings. The third kappa shape index (κ3) is 5.08. The molecule has 11 aromatic carbocycles. The topological polar surface area (TPSA) is 9.86 Å². The molecule has 0 N–H and O–H groups in total. The molecule has 1 aliphatic carbocycles. The minimum atomic E-state index is 1.16. The number of rotatable bonds is 5. The van der Waals surface area contributed by atoms with E-state index >= 15 is 0 Å². The van der Waals surface area contributed by atoms with E-state index in [0.717, 1.165) is 5.69 Å². The van der Waals surface area contributed by atoms with Crippen molar-refractivity contribution < 1.29 is 0 Å². The van der Waals surface area contributed by atoms with E-state index in [9.17, 15) is 0 Å². The van der Waals surface area contributed by atoms with Gasteiger partial charge in [-0.25, -0.2) is 0 Å². The van der Waals surface area contributed by atoms with E-state index in [2.05, 4.69) is 240 Å². The SMILES string of the molecule is c1ccc(-n2c3ccccc3c3cc(-c4ccc5c6ccc7ccccc7c6n(-c6ccccc6-c6cccc(-c7ccc8c(c7)-c7cccc9cccc-8c79)c6)c5c4)ccc32)cc1. The van der Waals surface area contributed by atoms with Crippen LogP contribution in [-0.4, -0.2) is 9.13 Å². The number of nitrogens with zero attached hydrogens (tertiary/aromatic N) is 2. The molecule has 0 saturated heterocycles. The second-order valence-electron chi connectivity index (χ2n) is 17.2. The van der Waals surface area contributed by atoms with Crippen LogP contribution in [-0.2, 0) is 0 Å². The number of para-hydroxylation sites is 3. The Bertz CT molecular complexity index is 4060. The molecule has 0 aliphatic heterocycles. The average Bonchev–Trinajstić information content (AvgIpc) is 4.00. The molecular formula is C62H38N2. The smallest absolute Gasteiger partial charge is 0.0619 e. The number of aromatic nitrogens is 2. The van der Waals surface area contributed by atoms with Gasteiger partial charge in [-0.15, -0.1) is 0 Å². The van der Waals surface area contributed by atoms with Crippen LogP contribution in [0.15, 0.2) is 231 Å². The standard InChI is InChI=1S/C62H38N2/c1-2-18-46(19-3-1)63-58-26-9-7-22-50(58)56-37-43(30-34-59(56)63)44-29-32-51-54-33-27-39-13-4-5-21-48(39)62(54)64(60(51)38-44)57-25-8-6-20-47(57)45-17-10-16-41(35-45)42-28-31-49-52-23-11-14-40-15-12-24-53(61(40)52)55(49)36-42/h1-38H. The minimum Gasteiger partial charge on any atom is -0.309 e. The van der Waals surface area contributed by atoms with Crippen molar-refractivity contribution in [1.82, 2.24) is 9.13 Å². The zero-order valence-corrected chi connectivity index (χ0v) is 34.8. The molecule has 14 rings (SSSR count). The Hall–Kier alpha value is -8.46. The van der Waals surface area contributed by atoms with E-state index in [1.165, 1.54) is 126 Å². The van der Waals surface area contributed by atoms with Gasteiger partial charge in [-0.2, -0.15) is 0 Å². The fourth-order valence-corrected chi connectivity index (χ4v) is 11.0. The van der Waals surface area contributed by atoms with Crippen molar-refractivity contribution >= 4 is 65.2 Å². The average molecular weight is 811 g/mol. The lowest BCUT2D eigenvalue weighted by Gasteiger charge is -2.16. The fraction of sp³-hybridized carbons (Fsp3) is 0. The highest BCUT2D eigenvalue weighted by Gasteiger charge is 2.23. The lowest BCUT2D eigenvalue weighted by molar-refractivity contribution is 1.18. The molecule has 0 bridgehead atoms. The van der Waals surface area contributed by atoms with E-state index in [4.69, 9.17) is 0 Å². The van der Waals surface area contributed by atoms with Gasteiger partial charge < -0.3 is 9.13 Å². The van der Waals surface area contributed by atoms with Gasteiger partial charge in [-0.1, -0.05) is 176 Å². The molecule has 2 nitrogen and oxygen atoms in total. The molecule has 0 spiro atoms. The molecule has 0 atom stereocenters. The normalized spacial score (nSPS) is 12.1. The van der Waals surface area contributed by atoms with E-state index in [1.807, 2.05) is 0 Å². The van der Waals surface area contributed by atoms with Gasteiger partial charge in [0.15, 0.2) is 0 Å². The molecule has 64 heavy (non-hydrogen) atoms. The Balaban J connectivity index is 0.954. The summed E-state index contributed by atoms with van der Waals surface area (Å²) in [6, 6.07) is 85.3. The van der Waals surface area contributed by atoms with Crippen LogP contribution in [0, 0.1) is 0 Å². The molecule has 0 amide bonds. The minimum absolute atomic E-state index is 1.16. The Labute approximate surface area is 370 Å². The first-order chi connectivity index (χ1) is 31.7. The van der Waals surface area contributed by atoms with E-state index < -0.39 is 0 Å². The molecule has 296 valence electrons. The Morgan fingerprint density at radius 1 is 0.250 bits per heavy atom. The van der Waals surface area contributed by atoms with Crippen molar-refractivity contribution in [2.75, 3.05) is 0 Å². The van der Waals surface area contributed by atoms with E-state index in [-0.39, 0.29) is 0 Å². The highest BCUT2D eigenvalue weighted by Crippen LogP contribution is 2.49. The van der Waals surface area contributed by atoms with Gasteiger partial charge in [0, 0.05) is 38.2 Å². The number of hydrogen-bond acceptors (Lipinski definition) is 0. The molecule has 0 unspecified atom stereocenters. The van der Waals surface area contributed by atoms with E-state index in [1.54, 1.807) is 0 Å². The highest BCUT2D eigenvalue weighted by molar-refractivity contribution is 6.20. The maximum Gasteiger partial charge on any atom is 0.0619 e. The molecule has 0 fully saturated rings. The van der Waals surface area contributed by atoms with Crippen molar-refractivity contribution in [3.05, 3.63) is 231 Å². The number of fused-ring (bicyclic) bond motifs is 11. The largest absolute Gasteiger partial charge is 0.309 e. The summed E-state index contributed by atoms with van der Waals surface area (Å²) in [7, 11) is 0. The zero-order valence-electron chi connectivity index (χ0n) is 34.8. The van der Waals surface area contributed by atoms with Gasteiger partial charge in [0.1, 0.15) is 0 Å². The maximum absolute atomic E-state index is 2.53. The van der Waals surface area contributed by atoms with Gasteiger partial charge in [0.25, 0.3) is 0 Å². The first-order valence-electron chi connectivity index (χ1n) is 22.2. The van der Waals surface area contributed by atoms with Crippen LogP contribution in [0.1, 0.15) is 0 Å². The highest BCUT2D eigenvalue weighted by atomic mass is 15.0. The Morgan fingerprint density at radius 3 is 1.77 bits per heavy atom. The fourth-order valence-electron chi connectivity index (χ4n) is 11.0. The van der Waals surface area contributed by atoms with Crippen LogP contribution >= 0.6 is 0 Å². The van der Waals surface area contributed by atoms with Gasteiger partial charge in [-0.05, 0) is 121 Å². The molecule has 0 saturated carbocycles. The lowest BCUT2D eigenvalue weighted by Crippen LogP contribution is -1.98. The summed E-state index contributed by atoms with van der Waals surface area (Å²) in [5.74, 6) is 0. The molecule has 2 aromatic heterocycles. The van der Waals surface area contributed by atoms with Crippen molar-refractivity contribution in [1.29, 1.82) is 0 Å². The van der Waals surface area contributed by atoms with Crippen molar-refractivity contribution in [3.8, 4) is 67.0 Å². The summed E-state index contributed by atoms with van der Waals surface area (Å²) in [5.41, 5.74) is 19.6. The molecular weight excluding hydrogens is 773 g/mol. The van der Waals surface area contributed by atoms with Crippen LogP contribution < -0.4 is 0 Å². The first-order valence-corrected chi connectivity index (χ1v) is 22.2. The third-order valence-corrected chi connectivity index (χ3v) is 13.8. The van der Waals surface area contributed by atoms with E-state index in [0.29, 0.717) is 0 Å². The maximum atomic E-state index is 2.53. The van der Waals surface area contributed by atoms with Crippen LogP contribution in [0.4, 0.5) is 0 Å². The summed E-state index contributed by atoms with van der Waals surface area (Å²) >= 11 is 0. The van der Waals surface area contributed by atoms with Crippen molar-refractivity contribution in [2.24, 2.45) is 0 Å². The molecule has 2 heteroatoms. The van der Waals surface area contributed by atoms with Gasteiger partial charge >= 0.3 is 0 Å². The number of hydrogen-bond donors (Lipinski definition) is 0. The number of benzene rings is 11. The van der Waals surface area contributed by atoms with Crippen LogP contribution in [0.2, 0.25) is 0 Å². The van der Waals surface area contributed by atoms with Gasteiger partial charge in [0.05, 0.1) is 27.8 Å². The Kier molecular flexibility index (Phi) is 7.43. The molecule has 0 radical (unpaired) electrons. The molecule has 2 heterocycles. The predicted molar refractivity (Wildman–Crippen MR) is 271 cm³/mol. The zero-order chi connectivity index (χ0) is 41.9. The van der Waals surface area contributed by atoms with Crippen molar-refractivity contribution in [3.63, 3.8) is 0 Å². The van der Waals surface area contributed by atoms with Crippen LogP contribution in [0.25, 0.3) is 132 Å².